The molecule has 26 heavy (non-hydrogen) atoms. The average molecular weight is 359 g/mol. The number of nitrogens with one attached hydrogen (secondary N) is 2. The first-order valence-corrected chi connectivity index (χ1v) is 9.41. The number of benzene rings is 1. The zero-order valence-electron chi connectivity index (χ0n) is 15.9. The number of ether oxygens (including phenoxy) is 1. The predicted octanol–water partition coefficient (Wildman–Crippen LogP) is 1.53. The van der Waals surface area contributed by atoms with Gasteiger partial charge >= 0.3 is 0 Å². The molecule has 1 atom stereocenters. The molecule has 1 aromatic carbocycles. The highest BCUT2D eigenvalue weighted by atomic mass is 16.5. The molecule has 1 heterocycles. The molecule has 1 aliphatic heterocycles. The number of hydrogen-bond donors (Lipinski definition) is 2. The Kier molecular flexibility index (Phi) is 5.81. The maximum Gasteiger partial charge on any atom is 0.237 e. The predicted molar refractivity (Wildman–Crippen MR) is 100 cm³/mol. The van der Waals surface area contributed by atoms with Crippen molar-refractivity contribution in [3.05, 3.63) is 28.8 Å². The smallest absolute Gasteiger partial charge is 0.237 e. The summed E-state index contributed by atoms with van der Waals surface area (Å²) in [6.07, 6.45) is 2.62. The molecule has 0 radical (unpaired) electrons. The standard InChI is InChI=1S/C20H29N3O3/c1-13-14(2)18(26-3)7-6-16(13)12-23-9-8-21-20(25)17(23)10-19(24)22-11-15-4-5-15/h6-7,15,17H,4-5,8-12H2,1-3H3,(H,21,25)(H,22,24)/t17-/m0/s1. The van der Waals surface area contributed by atoms with Gasteiger partial charge in [-0.1, -0.05) is 6.07 Å². The van der Waals surface area contributed by atoms with Crippen LogP contribution in [0.4, 0.5) is 0 Å². The van der Waals surface area contributed by atoms with E-state index in [0.29, 0.717) is 19.0 Å². The number of amides is 2. The lowest BCUT2D eigenvalue weighted by molar-refractivity contribution is -0.134. The summed E-state index contributed by atoms with van der Waals surface area (Å²) in [7, 11) is 1.67. The second-order valence-corrected chi connectivity index (χ2v) is 7.41. The van der Waals surface area contributed by atoms with Crippen molar-refractivity contribution < 1.29 is 14.3 Å². The molecule has 0 spiro atoms. The number of carbonyl (C=O) groups is 2. The number of methoxy groups -OCH3 is 1. The SMILES string of the molecule is COc1ccc(CN2CCNC(=O)[C@@H]2CC(=O)NCC2CC2)c(C)c1C. The maximum atomic E-state index is 12.4. The second kappa shape index (κ2) is 8.08. The van der Waals surface area contributed by atoms with Crippen LogP contribution in [0.5, 0.6) is 5.75 Å². The molecule has 1 saturated heterocycles. The van der Waals surface area contributed by atoms with E-state index in [1.54, 1.807) is 7.11 Å². The van der Waals surface area contributed by atoms with Gasteiger partial charge in [0.2, 0.25) is 11.8 Å². The maximum absolute atomic E-state index is 12.4. The van der Waals surface area contributed by atoms with Crippen LogP contribution >= 0.6 is 0 Å². The van der Waals surface area contributed by atoms with E-state index >= 15 is 0 Å². The fourth-order valence-corrected chi connectivity index (χ4v) is 3.46. The van der Waals surface area contributed by atoms with Gasteiger partial charge in [0, 0.05) is 26.2 Å². The summed E-state index contributed by atoms with van der Waals surface area (Å²) in [5.74, 6) is 1.42. The summed E-state index contributed by atoms with van der Waals surface area (Å²) in [6.45, 7) is 6.89. The van der Waals surface area contributed by atoms with Gasteiger partial charge in [0.1, 0.15) is 5.75 Å². The molecule has 2 fully saturated rings. The van der Waals surface area contributed by atoms with Gasteiger partial charge in [-0.25, -0.2) is 0 Å². The van der Waals surface area contributed by atoms with Crippen LogP contribution in [0.25, 0.3) is 0 Å². The number of carbonyl (C=O) groups excluding carboxylic acids is 2. The third-order valence-electron chi connectivity index (χ3n) is 5.55. The van der Waals surface area contributed by atoms with E-state index in [1.165, 1.54) is 24.0 Å². The first-order chi connectivity index (χ1) is 12.5. The molecule has 2 N–H and O–H groups in total. The van der Waals surface area contributed by atoms with E-state index in [9.17, 15) is 9.59 Å². The highest BCUT2D eigenvalue weighted by molar-refractivity contribution is 5.88. The minimum Gasteiger partial charge on any atom is -0.496 e. The number of rotatable bonds is 7. The molecular weight excluding hydrogens is 330 g/mol. The summed E-state index contributed by atoms with van der Waals surface area (Å²) >= 11 is 0. The molecule has 142 valence electrons. The Morgan fingerprint density at radius 1 is 1.31 bits per heavy atom. The largest absolute Gasteiger partial charge is 0.496 e. The van der Waals surface area contributed by atoms with Gasteiger partial charge in [-0.15, -0.1) is 0 Å². The van der Waals surface area contributed by atoms with E-state index in [1.807, 2.05) is 13.0 Å². The zero-order valence-corrected chi connectivity index (χ0v) is 15.9. The van der Waals surface area contributed by atoms with E-state index in [2.05, 4.69) is 28.5 Å². The monoisotopic (exact) mass is 359 g/mol. The summed E-state index contributed by atoms with van der Waals surface area (Å²) in [5, 5.41) is 5.86. The van der Waals surface area contributed by atoms with Crippen molar-refractivity contribution in [2.24, 2.45) is 5.92 Å². The first-order valence-electron chi connectivity index (χ1n) is 9.41. The fraction of sp³-hybridized carbons (Fsp3) is 0.600. The van der Waals surface area contributed by atoms with Crippen LogP contribution in [0.2, 0.25) is 0 Å². The Hall–Kier alpha value is -2.08. The average Bonchev–Trinajstić information content (AvgIpc) is 3.45. The molecule has 0 aromatic heterocycles. The quantitative estimate of drug-likeness (QED) is 0.775. The van der Waals surface area contributed by atoms with Gasteiger partial charge < -0.3 is 15.4 Å². The van der Waals surface area contributed by atoms with Gasteiger partial charge in [0.05, 0.1) is 19.6 Å². The second-order valence-electron chi connectivity index (χ2n) is 7.41. The van der Waals surface area contributed by atoms with Crippen LogP contribution < -0.4 is 15.4 Å². The Labute approximate surface area is 155 Å². The van der Waals surface area contributed by atoms with Gasteiger partial charge in [-0.2, -0.15) is 0 Å². The molecule has 0 bridgehead atoms. The number of hydrogen-bond acceptors (Lipinski definition) is 4. The lowest BCUT2D eigenvalue weighted by Gasteiger charge is -2.35. The van der Waals surface area contributed by atoms with Crippen LogP contribution in [-0.4, -0.2) is 49.5 Å². The minimum atomic E-state index is -0.412. The minimum absolute atomic E-state index is 0.0356. The summed E-state index contributed by atoms with van der Waals surface area (Å²) in [4.78, 5) is 26.8. The van der Waals surface area contributed by atoms with Gasteiger partial charge in [0.15, 0.2) is 0 Å². The van der Waals surface area contributed by atoms with E-state index in [4.69, 9.17) is 4.74 Å². The van der Waals surface area contributed by atoms with Crippen LogP contribution in [-0.2, 0) is 16.1 Å². The summed E-state index contributed by atoms with van der Waals surface area (Å²) < 4.78 is 5.38. The molecular formula is C20H29N3O3. The Morgan fingerprint density at radius 2 is 2.08 bits per heavy atom. The van der Waals surface area contributed by atoms with Crippen molar-refractivity contribution in [1.82, 2.24) is 15.5 Å². The van der Waals surface area contributed by atoms with Crippen molar-refractivity contribution in [1.29, 1.82) is 0 Å². The third-order valence-corrected chi connectivity index (χ3v) is 5.55. The molecule has 1 aliphatic carbocycles. The number of piperazine rings is 1. The molecule has 6 heteroatoms. The van der Waals surface area contributed by atoms with Crippen molar-refractivity contribution in [2.75, 3.05) is 26.7 Å². The molecule has 1 saturated carbocycles. The Balaban J connectivity index is 1.68. The van der Waals surface area contributed by atoms with Gasteiger partial charge in [-0.3, -0.25) is 14.5 Å². The topological polar surface area (TPSA) is 70.7 Å². The zero-order chi connectivity index (χ0) is 18.7. The highest BCUT2D eigenvalue weighted by Gasteiger charge is 2.32. The molecule has 2 aliphatic rings. The van der Waals surface area contributed by atoms with E-state index < -0.39 is 6.04 Å². The molecule has 6 nitrogen and oxygen atoms in total. The molecule has 3 rings (SSSR count). The lowest BCUT2D eigenvalue weighted by Crippen LogP contribution is -2.56. The molecule has 1 aromatic rings. The Morgan fingerprint density at radius 3 is 2.77 bits per heavy atom. The molecule has 0 unspecified atom stereocenters. The van der Waals surface area contributed by atoms with Crippen LogP contribution in [0.3, 0.4) is 0 Å². The van der Waals surface area contributed by atoms with Crippen LogP contribution in [0.15, 0.2) is 12.1 Å². The normalized spacial score (nSPS) is 20.6. The van der Waals surface area contributed by atoms with E-state index in [0.717, 1.165) is 24.4 Å². The van der Waals surface area contributed by atoms with Crippen molar-refractivity contribution in [2.45, 2.75) is 45.7 Å². The first kappa shape index (κ1) is 18.7. The molecule has 2 amide bonds. The van der Waals surface area contributed by atoms with E-state index in [-0.39, 0.29) is 18.2 Å². The van der Waals surface area contributed by atoms with Crippen molar-refractivity contribution in [3.63, 3.8) is 0 Å². The van der Waals surface area contributed by atoms with Crippen molar-refractivity contribution in [3.8, 4) is 5.75 Å². The Bertz CT molecular complexity index is 685. The van der Waals surface area contributed by atoms with Crippen LogP contribution in [0.1, 0.15) is 36.0 Å². The van der Waals surface area contributed by atoms with Crippen molar-refractivity contribution >= 4 is 11.8 Å². The van der Waals surface area contributed by atoms with Gasteiger partial charge in [-0.05, 0) is 55.4 Å². The lowest BCUT2D eigenvalue weighted by atomic mass is 10.00. The van der Waals surface area contributed by atoms with Gasteiger partial charge in [0.25, 0.3) is 0 Å². The number of nitrogens with zero attached hydrogens (tertiary/aromatic N) is 1. The summed E-state index contributed by atoms with van der Waals surface area (Å²) in [5.41, 5.74) is 3.46. The third kappa shape index (κ3) is 4.36. The highest BCUT2D eigenvalue weighted by Crippen LogP contribution is 2.28. The summed E-state index contributed by atoms with van der Waals surface area (Å²) in [6, 6.07) is 3.61. The fourth-order valence-electron chi connectivity index (χ4n) is 3.46. The van der Waals surface area contributed by atoms with Crippen LogP contribution in [0, 0.1) is 19.8 Å².